The highest BCUT2D eigenvalue weighted by Crippen LogP contribution is 2.26. The number of ether oxygens (including phenoxy) is 1. The average Bonchev–Trinajstić information content (AvgIpc) is 2.02. The first-order chi connectivity index (χ1) is 5.95. The van der Waals surface area contributed by atoms with Gasteiger partial charge in [0.15, 0.2) is 8.77 Å². The Kier molecular flexibility index (Phi) is 3.13. The molecule has 0 heterocycles. The van der Waals surface area contributed by atoms with Crippen molar-refractivity contribution in [1.82, 2.24) is 0 Å². The molecule has 0 saturated carbocycles. The Morgan fingerprint density at radius 3 is 2.62 bits per heavy atom. The molecule has 0 amide bonds. The van der Waals surface area contributed by atoms with Crippen LogP contribution in [0.2, 0.25) is 5.02 Å². The molecule has 0 aromatic heterocycles. The van der Waals surface area contributed by atoms with Gasteiger partial charge < -0.3 is 9.29 Å². The average molecular weight is 239 g/mol. The maximum absolute atomic E-state index is 11.0. The van der Waals surface area contributed by atoms with Crippen LogP contribution in [0, 0.1) is 0 Å². The van der Waals surface area contributed by atoms with E-state index in [1.807, 2.05) is 0 Å². The SMILES string of the molecule is COc1ccc(S(=O)(O)=S)cc1Cl. The summed E-state index contributed by atoms with van der Waals surface area (Å²) in [6.07, 6.45) is 0. The van der Waals surface area contributed by atoms with Gasteiger partial charge in [-0.25, -0.2) is 4.21 Å². The van der Waals surface area contributed by atoms with Crippen LogP contribution in [0.5, 0.6) is 5.75 Å². The van der Waals surface area contributed by atoms with Crippen LogP contribution in [0.25, 0.3) is 0 Å². The van der Waals surface area contributed by atoms with E-state index in [0.717, 1.165) is 0 Å². The van der Waals surface area contributed by atoms with Gasteiger partial charge in [0.1, 0.15) is 5.75 Å². The highest BCUT2D eigenvalue weighted by molar-refractivity contribution is 8.29. The molecule has 0 aliphatic rings. The second kappa shape index (κ2) is 3.79. The zero-order valence-corrected chi connectivity index (χ0v) is 9.08. The number of hydrogen-bond donors (Lipinski definition) is 1. The standard InChI is InChI=1S/C7H7ClO3S2/c1-11-7-3-2-5(4-6(7)8)13(9,10)12/h2-4H,1H3,(H,9,10,12). The van der Waals surface area contributed by atoms with Gasteiger partial charge in [0.05, 0.1) is 17.0 Å². The van der Waals surface area contributed by atoms with Gasteiger partial charge in [0.25, 0.3) is 0 Å². The van der Waals surface area contributed by atoms with Crippen molar-refractivity contribution in [3.05, 3.63) is 23.2 Å². The molecule has 1 N–H and O–H groups in total. The van der Waals surface area contributed by atoms with Crippen LogP contribution >= 0.6 is 11.6 Å². The van der Waals surface area contributed by atoms with Crippen molar-refractivity contribution >= 4 is 31.6 Å². The van der Waals surface area contributed by atoms with Crippen LogP contribution in [0.15, 0.2) is 23.1 Å². The molecule has 0 radical (unpaired) electrons. The third kappa shape index (κ3) is 2.54. The van der Waals surface area contributed by atoms with Gasteiger partial charge in [-0.2, -0.15) is 0 Å². The second-order valence-electron chi connectivity index (χ2n) is 2.27. The van der Waals surface area contributed by atoms with Gasteiger partial charge in [-0.15, -0.1) is 0 Å². The van der Waals surface area contributed by atoms with Crippen molar-refractivity contribution in [2.45, 2.75) is 4.90 Å². The zero-order chi connectivity index (χ0) is 10.1. The van der Waals surface area contributed by atoms with E-state index in [9.17, 15) is 4.21 Å². The monoisotopic (exact) mass is 238 g/mol. The molecule has 3 nitrogen and oxygen atoms in total. The highest BCUT2D eigenvalue weighted by atomic mass is 35.5. The molecule has 1 aromatic carbocycles. The summed E-state index contributed by atoms with van der Waals surface area (Å²) in [6.45, 7) is 0. The molecule has 72 valence electrons. The van der Waals surface area contributed by atoms with Gasteiger partial charge in [0, 0.05) is 11.2 Å². The molecule has 1 atom stereocenters. The molecule has 1 aromatic rings. The first-order valence-corrected chi connectivity index (χ1v) is 6.08. The fourth-order valence-corrected chi connectivity index (χ4v) is 1.95. The fraction of sp³-hybridized carbons (Fsp3) is 0.143. The smallest absolute Gasteiger partial charge is 0.171 e. The van der Waals surface area contributed by atoms with E-state index in [2.05, 4.69) is 11.2 Å². The van der Waals surface area contributed by atoms with Gasteiger partial charge in [-0.1, -0.05) is 11.6 Å². The Labute approximate surface area is 86.2 Å². The molecule has 0 aliphatic carbocycles. The lowest BCUT2D eigenvalue weighted by atomic mass is 10.3. The van der Waals surface area contributed by atoms with Crippen molar-refractivity contribution in [3.8, 4) is 5.75 Å². The minimum Gasteiger partial charge on any atom is -0.495 e. The van der Waals surface area contributed by atoms with Crippen molar-refractivity contribution < 1.29 is 13.5 Å². The summed E-state index contributed by atoms with van der Waals surface area (Å²) in [4.78, 5) is 0.119. The highest BCUT2D eigenvalue weighted by Gasteiger charge is 2.08. The number of hydrogen-bond acceptors (Lipinski definition) is 3. The number of methoxy groups -OCH3 is 1. The molecular formula is C7H7ClO3S2. The van der Waals surface area contributed by atoms with E-state index in [-0.39, 0.29) is 9.92 Å². The van der Waals surface area contributed by atoms with Crippen LogP contribution in [-0.4, -0.2) is 15.9 Å². The molecule has 1 unspecified atom stereocenters. The molecule has 0 spiro atoms. The third-order valence-electron chi connectivity index (χ3n) is 1.42. The molecular weight excluding hydrogens is 232 g/mol. The van der Waals surface area contributed by atoms with E-state index in [4.69, 9.17) is 20.9 Å². The maximum Gasteiger partial charge on any atom is 0.171 e. The van der Waals surface area contributed by atoms with Crippen molar-refractivity contribution in [2.75, 3.05) is 7.11 Å². The Morgan fingerprint density at radius 2 is 2.23 bits per heavy atom. The summed E-state index contributed by atoms with van der Waals surface area (Å²) in [5.74, 6) is 0.448. The van der Waals surface area contributed by atoms with Crippen LogP contribution < -0.4 is 4.74 Å². The first-order valence-electron chi connectivity index (χ1n) is 3.26. The summed E-state index contributed by atoms with van der Waals surface area (Å²) < 4.78 is 24.9. The van der Waals surface area contributed by atoms with Crippen LogP contribution in [0.1, 0.15) is 0 Å². The summed E-state index contributed by atoms with van der Waals surface area (Å²) in [6, 6.07) is 4.25. The lowest BCUT2D eigenvalue weighted by Crippen LogP contribution is -1.96. The predicted molar refractivity (Wildman–Crippen MR) is 54.4 cm³/mol. The Balaban J connectivity index is 3.26. The van der Waals surface area contributed by atoms with E-state index in [0.29, 0.717) is 5.75 Å². The number of halogens is 1. The fourth-order valence-electron chi connectivity index (χ4n) is 0.808. The minimum atomic E-state index is -3.36. The number of benzene rings is 1. The quantitative estimate of drug-likeness (QED) is 0.855. The van der Waals surface area contributed by atoms with E-state index in [1.54, 1.807) is 0 Å². The molecule has 0 saturated heterocycles. The van der Waals surface area contributed by atoms with Gasteiger partial charge in [-0.3, -0.25) is 0 Å². The largest absolute Gasteiger partial charge is 0.495 e. The molecule has 0 aliphatic heterocycles. The van der Waals surface area contributed by atoms with E-state index < -0.39 is 8.77 Å². The van der Waals surface area contributed by atoms with Crippen molar-refractivity contribution in [2.24, 2.45) is 0 Å². The van der Waals surface area contributed by atoms with Gasteiger partial charge in [-0.05, 0) is 18.2 Å². The lowest BCUT2D eigenvalue weighted by molar-refractivity contribution is 0.414. The molecule has 0 bridgehead atoms. The molecule has 1 rings (SSSR count). The summed E-state index contributed by atoms with van der Waals surface area (Å²) >= 11 is 10.1. The summed E-state index contributed by atoms with van der Waals surface area (Å²) in [7, 11) is -1.89. The Hall–Kier alpha value is -0.360. The summed E-state index contributed by atoms with van der Waals surface area (Å²) in [5, 5.41) is 0.270. The first kappa shape index (κ1) is 10.7. The van der Waals surface area contributed by atoms with E-state index >= 15 is 0 Å². The second-order valence-corrected chi connectivity index (χ2v) is 5.46. The Bertz CT molecular complexity index is 414. The van der Waals surface area contributed by atoms with Crippen molar-refractivity contribution in [3.63, 3.8) is 0 Å². The topological polar surface area (TPSA) is 46.5 Å². The molecule has 13 heavy (non-hydrogen) atoms. The Morgan fingerprint density at radius 1 is 1.62 bits per heavy atom. The van der Waals surface area contributed by atoms with Crippen LogP contribution in [0.4, 0.5) is 0 Å². The summed E-state index contributed by atoms with van der Waals surface area (Å²) in [5.41, 5.74) is 0. The number of rotatable bonds is 2. The maximum atomic E-state index is 11.0. The van der Waals surface area contributed by atoms with Crippen molar-refractivity contribution in [1.29, 1.82) is 0 Å². The lowest BCUT2D eigenvalue weighted by Gasteiger charge is -2.04. The predicted octanol–water partition coefficient (Wildman–Crippen LogP) is 1.93. The van der Waals surface area contributed by atoms with Crippen LogP contribution in [-0.2, 0) is 20.0 Å². The van der Waals surface area contributed by atoms with Gasteiger partial charge >= 0.3 is 0 Å². The third-order valence-corrected chi connectivity index (χ3v) is 3.14. The molecule has 6 heteroatoms. The van der Waals surface area contributed by atoms with Crippen LogP contribution in [0.3, 0.4) is 0 Å². The van der Waals surface area contributed by atoms with Gasteiger partial charge in [0.2, 0.25) is 0 Å². The van der Waals surface area contributed by atoms with E-state index in [1.165, 1.54) is 25.3 Å². The minimum absolute atomic E-state index is 0.119. The zero-order valence-electron chi connectivity index (χ0n) is 6.69. The normalized spacial score (nSPS) is 15.0. The molecule has 0 fully saturated rings.